The fraction of sp³-hybridized carbons (Fsp3) is 0.923. The van der Waals surface area contributed by atoms with Crippen LogP contribution < -0.4 is 0 Å². The Kier molecular flexibility index (Phi) is 8.68. The van der Waals surface area contributed by atoms with Crippen molar-refractivity contribution in [1.82, 2.24) is 4.90 Å². The zero-order valence-electron chi connectivity index (χ0n) is 10.8. The monoisotopic (exact) mass is 213 g/mol. The van der Waals surface area contributed by atoms with Crippen molar-refractivity contribution in [1.29, 1.82) is 0 Å². The molecule has 90 valence electrons. The van der Waals surface area contributed by atoms with E-state index < -0.39 is 0 Å². The summed E-state index contributed by atoms with van der Waals surface area (Å²) in [6, 6.07) is 0. The molecule has 2 nitrogen and oxygen atoms in total. The van der Waals surface area contributed by atoms with Gasteiger partial charge in [0, 0.05) is 6.42 Å². The van der Waals surface area contributed by atoms with E-state index in [-0.39, 0.29) is 0 Å². The number of hydrogen-bond donors (Lipinski definition) is 0. The van der Waals surface area contributed by atoms with E-state index in [9.17, 15) is 4.79 Å². The van der Waals surface area contributed by atoms with Gasteiger partial charge in [-0.2, -0.15) is 0 Å². The molecular weight excluding hydrogens is 186 g/mol. The van der Waals surface area contributed by atoms with Crippen molar-refractivity contribution in [3.63, 3.8) is 0 Å². The molecule has 1 rings (SSSR count). The minimum Gasteiger partial charge on any atom is -0.304 e. The van der Waals surface area contributed by atoms with Crippen molar-refractivity contribution >= 4 is 6.29 Å². The second-order valence-electron chi connectivity index (χ2n) is 4.59. The standard InChI is InChI=1S/C10H21N.C3H6O/c1-4-11-7-5-10(6-8-11)9(2)3;1-2-3-4/h9-10H,4-8H2,1-3H3;3H,2H2,1H3. The number of carbonyl (C=O) groups is 1. The Morgan fingerprint density at radius 3 is 2.00 bits per heavy atom. The Bertz CT molecular complexity index is 149. The highest BCUT2D eigenvalue weighted by Crippen LogP contribution is 2.23. The summed E-state index contributed by atoms with van der Waals surface area (Å²) in [5.74, 6) is 1.90. The normalized spacial score (nSPS) is 18.5. The average Bonchev–Trinajstić information content (AvgIpc) is 2.29. The van der Waals surface area contributed by atoms with Gasteiger partial charge < -0.3 is 9.69 Å². The summed E-state index contributed by atoms with van der Waals surface area (Å²) >= 11 is 0. The van der Waals surface area contributed by atoms with Crippen LogP contribution in [0.4, 0.5) is 0 Å². The summed E-state index contributed by atoms with van der Waals surface area (Å²) in [7, 11) is 0. The van der Waals surface area contributed by atoms with Gasteiger partial charge in [-0.05, 0) is 44.3 Å². The second-order valence-corrected chi connectivity index (χ2v) is 4.59. The summed E-state index contributed by atoms with van der Waals surface area (Å²) in [6.45, 7) is 12.7. The van der Waals surface area contributed by atoms with E-state index in [1.54, 1.807) is 0 Å². The number of aldehydes is 1. The van der Waals surface area contributed by atoms with Gasteiger partial charge in [-0.15, -0.1) is 0 Å². The van der Waals surface area contributed by atoms with E-state index in [4.69, 9.17) is 0 Å². The van der Waals surface area contributed by atoms with Crippen molar-refractivity contribution < 1.29 is 4.79 Å². The van der Waals surface area contributed by atoms with Crippen LogP contribution in [0.2, 0.25) is 0 Å². The van der Waals surface area contributed by atoms with Crippen LogP contribution in [0.25, 0.3) is 0 Å². The van der Waals surface area contributed by atoms with Gasteiger partial charge in [0.1, 0.15) is 6.29 Å². The zero-order valence-corrected chi connectivity index (χ0v) is 10.8. The molecule has 0 atom stereocenters. The highest BCUT2D eigenvalue weighted by Gasteiger charge is 2.19. The molecule has 1 aliphatic heterocycles. The first-order chi connectivity index (χ1) is 7.15. The van der Waals surface area contributed by atoms with Crippen molar-refractivity contribution in [3.05, 3.63) is 0 Å². The molecule has 0 aromatic rings. The highest BCUT2D eigenvalue weighted by molar-refractivity contribution is 5.48. The van der Waals surface area contributed by atoms with Crippen LogP contribution in [0.15, 0.2) is 0 Å². The molecule has 1 saturated heterocycles. The van der Waals surface area contributed by atoms with Crippen molar-refractivity contribution in [3.8, 4) is 0 Å². The quantitative estimate of drug-likeness (QED) is 0.672. The minimum absolute atomic E-state index is 0.639. The molecule has 0 spiro atoms. The van der Waals surface area contributed by atoms with E-state index in [0.29, 0.717) is 6.42 Å². The lowest BCUT2D eigenvalue weighted by atomic mass is 9.87. The summed E-state index contributed by atoms with van der Waals surface area (Å²) < 4.78 is 0. The van der Waals surface area contributed by atoms with Gasteiger partial charge >= 0.3 is 0 Å². The summed E-state index contributed by atoms with van der Waals surface area (Å²) in [4.78, 5) is 11.7. The van der Waals surface area contributed by atoms with Gasteiger partial charge in [0.05, 0.1) is 0 Å². The van der Waals surface area contributed by atoms with Gasteiger partial charge in [0.25, 0.3) is 0 Å². The third-order valence-corrected chi connectivity index (χ3v) is 3.19. The Morgan fingerprint density at radius 2 is 1.73 bits per heavy atom. The van der Waals surface area contributed by atoms with Crippen LogP contribution in [0, 0.1) is 11.8 Å². The zero-order chi connectivity index (χ0) is 11.7. The molecule has 0 aromatic heterocycles. The van der Waals surface area contributed by atoms with Crippen LogP contribution in [0.1, 0.15) is 47.0 Å². The topological polar surface area (TPSA) is 20.3 Å². The first-order valence-corrected chi connectivity index (χ1v) is 6.31. The lowest BCUT2D eigenvalue weighted by Crippen LogP contribution is -2.34. The third-order valence-electron chi connectivity index (χ3n) is 3.19. The second kappa shape index (κ2) is 8.90. The molecule has 0 radical (unpaired) electrons. The molecule has 0 N–H and O–H groups in total. The lowest BCUT2D eigenvalue weighted by Gasteiger charge is -2.32. The van der Waals surface area contributed by atoms with Crippen LogP contribution >= 0.6 is 0 Å². The van der Waals surface area contributed by atoms with Gasteiger partial charge in [-0.3, -0.25) is 0 Å². The van der Waals surface area contributed by atoms with Crippen molar-refractivity contribution in [2.75, 3.05) is 19.6 Å². The molecule has 1 heterocycles. The molecule has 1 fully saturated rings. The first-order valence-electron chi connectivity index (χ1n) is 6.31. The molecule has 2 heteroatoms. The van der Waals surface area contributed by atoms with Gasteiger partial charge in [-0.1, -0.05) is 27.7 Å². The number of carbonyl (C=O) groups excluding carboxylic acids is 1. The average molecular weight is 213 g/mol. The number of hydrogen-bond acceptors (Lipinski definition) is 2. The molecule has 0 bridgehead atoms. The molecule has 0 unspecified atom stereocenters. The van der Waals surface area contributed by atoms with Crippen LogP contribution in [-0.4, -0.2) is 30.8 Å². The fourth-order valence-corrected chi connectivity index (χ4v) is 1.94. The van der Waals surface area contributed by atoms with Crippen molar-refractivity contribution in [2.45, 2.75) is 47.0 Å². The van der Waals surface area contributed by atoms with E-state index in [2.05, 4.69) is 25.7 Å². The number of piperidine rings is 1. The van der Waals surface area contributed by atoms with Crippen LogP contribution in [-0.2, 0) is 4.79 Å². The Morgan fingerprint density at radius 1 is 1.27 bits per heavy atom. The molecule has 1 aliphatic rings. The van der Waals surface area contributed by atoms with Crippen LogP contribution in [0.3, 0.4) is 0 Å². The van der Waals surface area contributed by atoms with Crippen LogP contribution in [0.5, 0.6) is 0 Å². The minimum atomic E-state index is 0.639. The molecule has 15 heavy (non-hydrogen) atoms. The van der Waals surface area contributed by atoms with Crippen molar-refractivity contribution in [2.24, 2.45) is 11.8 Å². The van der Waals surface area contributed by atoms with Gasteiger partial charge in [0.2, 0.25) is 0 Å². The SMILES string of the molecule is CCC=O.CCN1CCC(C(C)C)CC1. The van der Waals surface area contributed by atoms with Gasteiger partial charge in [0.15, 0.2) is 0 Å². The Labute approximate surface area is 95.0 Å². The maximum absolute atomic E-state index is 9.17. The smallest absolute Gasteiger partial charge is 0.119 e. The molecular formula is C13H27NO. The largest absolute Gasteiger partial charge is 0.304 e. The number of nitrogens with zero attached hydrogens (tertiary/aromatic N) is 1. The van der Waals surface area contributed by atoms with E-state index >= 15 is 0 Å². The van der Waals surface area contributed by atoms with E-state index in [1.165, 1.54) is 32.5 Å². The fourth-order valence-electron chi connectivity index (χ4n) is 1.94. The number of rotatable bonds is 3. The first kappa shape index (κ1) is 14.6. The lowest BCUT2D eigenvalue weighted by molar-refractivity contribution is -0.107. The molecule has 0 amide bonds. The van der Waals surface area contributed by atoms with E-state index in [0.717, 1.165) is 18.1 Å². The number of likely N-dealkylation sites (tertiary alicyclic amines) is 1. The molecule has 0 saturated carbocycles. The third kappa shape index (κ3) is 6.67. The Balaban J connectivity index is 0.000000423. The maximum Gasteiger partial charge on any atom is 0.119 e. The highest BCUT2D eigenvalue weighted by atomic mass is 16.1. The summed E-state index contributed by atoms with van der Waals surface area (Å²) in [5, 5.41) is 0. The predicted molar refractivity (Wildman–Crippen MR) is 66.0 cm³/mol. The summed E-state index contributed by atoms with van der Waals surface area (Å²) in [5.41, 5.74) is 0. The van der Waals surface area contributed by atoms with E-state index in [1.807, 2.05) is 6.92 Å². The molecule has 0 aliphatic carbocycles. The van der Waals surface area contributed by atoms with Gasteiger partial charge in [-0.25, -0.2) is 0 Å². The molecule has 0 aromatic carbocycles. The Hall–Kier alpha value is -0.370. The predicted octanol–water partition coefficient (Wildman–Crippen LogP) is 2.97. The maximum atomic E-state index is 9.17. The summed E-state index contributed by atoms with van der Waals surface area (Å²) in [6.07, 6.45) is 4.36.